The highest BCUT2D eigenvalue weighted by atomic mass is 32.3. The molecule has 0 aliphatic rings. The fourth-order valence-electron chi connectivity index (χ4n) is 0.204. The van der Waals surface area contributed by atoms with Gasteiger partial charge in [-0.3, -0.25) is 0 Å². The normalized spacial score (nSPS) is 13.7. The van der Waals surface area contributed by atoms with E-state index in [4.69, 9.17) is 0 Å². The molecule has 0 radical (unpaired) electrons. The van der Waals surface area contributed by atoms with Gasteiger partial charge in [-0.2, -0.15) is 8.42 Å². The molecule has 0 rings (SSSR count). The zero-order valence-electron chi connectivity index (χ0n) is 4.71. The van der Waals surface area contributed by atoms with Crippen molar-refractivity contribution in [2.24, 2.45) is 0 Å². The van der Waals surface area contributed by atoms with Crippen LogP contribution in [-0.4, -0.2) is 19.0 Å². The number of hydrogen-bond donors (Lipinski definition) is 2. The van der Waals surface area contributed by atoms with Gasteiger partial charge in [0, 0.05) is 3.89 Å². The van der Waals surface area contributed by atoms with E-state index in [2.05, 4.69) is 0 Å². The van der Waals surface area contributed by atoms with E-state index >= 15 is 0 Å². The summed E-state index contributed by atoms with van der Waals surface area (Å²) in [6.45, 7) is 0. The highest BCUT2D eigenvalue weighted by Gasteiger charge is 2.17. The first-order valence-electron chi connectivity index (χ1n) is 1.92. The van der Waals surface area contributed by atoms with Crippen molar-refractivity contribution >= 4 is 28.2 Å². The maximum absolute atomic E-state index is 11.5. The molecule has 2 N–H and O–H groups in total. The molecule has 0 aromatic rings. The largest absolute Gasteiger partial charge is 0.555 e. The Morgan fingerprint density at radius 3 is 2.27 bits per heavy atom. The molecule has 0 heterocycles. The van der Waals surface area contributed by atoms with Crippen molar-refractivity contribution in [2.45, 2.75) is 0 Å². The minimum atomic E-state index is -5.23. The molecule has 6 nitrogen and oxygen atoms in total. The fourth-order valence-corrected chi connectivity index (χ4v) is 0.738. The Morgan fingerprint density at radius 2 is 2.00 bits per heavy atom. The quantitative estimate of drug-likeness (QED) is 0.451. The van der Waals surface area contributed by atoms with E-state index < -0.39 is 28.2 Å². The van der Waals surface area contributed by atoms with E-state index in [1.807, 2.05) is 0 Å². The van der Waals surface area contributed by atoms with Gasteiger partial charge in [-0.05, 0) is 0 Å². The van der Waals surface area contributed by atoms with E-state index in [0.717, 1.165) is 4.72 Å². The van der Waals surface area contributed by atoms with Crippen LogP contribution >= 0.6 is 0 Å². The summed E-state index contributed by atoms with van der Waals surface area (Å²) in [7, 11) is -5.23. The molecule has 0 bridgehead atoms. The van der Waals surface area contributed by atoms with Gasteiger partial charge in [-0.15, -0.1) is 4.72 Å². The number of amides is 2. The Hall–Kier alpha value is -0.610. The summed E-state index contributed by atoms with van der Waals surface area (Å²) < 4.78 is 53.0. The van der Waals surface area contributed by atoms with Gasteiger partial charge >= 0.3 is 28.2 Å². The molecule has 0 aliphatic heterocycles. The van der Waals surface area contributed by atoms with Crippen molar-refractivity contribution in [3.05, 3.63) is 0 Å². The summed E-state index contributed by atoms with van der Waals surface area (Å²) in [5.74, 6) is 0. The van der Waals surface area contributed by atoms with Crippen LogP contribution in [0.25, 0.3) is 0 Å². The second-order valence-corrected chi connectivity index (χ2v) is 2.93. The van der Waals surface area contributed by atoms with Crippen LogP contribution in [0.3, 0.4) is 0 Å². The van der Waals surface area contributed by atoms with Crippen LogP contribution in [0.5, 0.6) is 0 Å². The molecule has 1 atom stereocenters. The summed E-state index contributed by atoms with van der Waals surface area (Å²) >= 11 is -3.22. The number of halogens is 2. The van der Waals surface area contributed by atoms with Gasteiger partial charge in [0.1, 0.15) is 0 Å². The average Bonchev–Trinajstić information content (AvgIpc) is 1.53. The lowest BCUT2D eigenvalue weighted by Crippen LogP contribution is -2.39. The summed E-state index contributed by atoms with van der Waals surface area (Å²) in [4.78, 5) is 9.99. The second-order valence-electron chi connectivity index (χ2n) is 1.19. The van der Waals surface area contributed by atoms with Gasteiger partial charge in [-0.1, -0.05) is 3.89 Å². The van der Waals surface area contributed by atoms with Crippen LogP contribution in [0, 0.1) is 0 Å². The molecule has 0 aromatic carbocycles. The third-order valence-corrected chi connectivity index (χ3v) is 1.16. The van der Waals surface area contributed by atoms with Gasteiger partial charge in [0.25, 0.3) is 0 Å². The highest BCUT2D eigenvalue weighted by molar-refractivity contribution is 7.86. The van der Waals surface area contributed by atoms with Crippen molar-refractivity contribution in [3.63, 3.8) is 0 Å². The number of nitrogens with one attached hydrogen (secondary N) is 2. The predicted octanol–water partition coefficient (Wildman–Crippen LogP) is -0.952. The van der Waals surface area contributed by atoms with Gasteiger partial charge in [0.15, 0.2) is 0 Å². The highest BCUT2D eigenvalue weighted by Crippen LogP contribution is 1.86. The van der Waals surface area contributed by atoms with Crippen molar-refractivity contribution in [3.8, 4) is 0 Å². The minimum absolute atomic E-state index is 0.673. The van der Waals surface area contributed by atoms with E-state index in [1.165, 1.54) is 0 Å². The molecule has 2 amide bonds. The van der Waals surface area contributed by atoms with E-state index in [0.29, 0.717) is 4.72 Å². The van der Waals surface area contributed by atoms with Gasteiger partial charge < -0.3 is 4.55 Å². The van der Waals surface area contributed by atoms with Crippen molar-refractivity contribution in [1.29, 1.82) is 0 Å². The monoisotopic (exact) mass is 208 g/mol. The van der Waals surface area contributed by atoms with Crippen LogP contribution < -0.4 is 9.44 Å². The first-order chi connectivity index (χ1) is 4.81. The first kappa shape index (κ1) is 10.4. The number of carbonyl (C=O) groups excluding carboxylic acids is 1. The molecular formula is CH2F2N2O4S2. The van der Waals surface area contributed by atoms with Crippen molar-refractivity contribution in [2.75, 3.05) is 0 Å². The Kier molecular flexibility index (Phi) is 3.48. The third-order valence-electron chi connectivity index (χ3n) is 0.388. The molecule has 66 valence electrons. The van der Waals surface area contributed by atoms with E-state index in [1.54, 1.807) is 0 Å². The van der Waals surface area contributed by atoms with Gasteiger partial charge in [-0.25, -0.2) is 9.52 Å². The average molecular weight is 208 g/mol. The zero-order valence-corrected chi connectivity index (χ0v) is 6.34. The lowest BCUT2D eigenvalue weighted by atomic mass is 11.2. The van der Waals surface area contributed by atoms with Crippen LogP contribution in [0.15, 0.2) is 0 Å². The Bertz CT molecular complexity index is 236. The van der Waals surface area contributed by atoms with Gasteiger partial charge in [0.05, 0.1) is 0 Å². The molecule has 0 fully saturated rings. The summed E-state index contributed by atoms with van der Waals surface area (Å²) in [6, 6.07) is -1.74. The second kappa shape index (κ2) is 3.69. The number of carbonyl (C=O) groups is 1. The fraction of sp³-hybridized carbons (Fsp3) is 0. The third kappa shape index (κ3) is 7.29. The van der Waals surface area contributed by atoms with Crippen LogP contribution in [0.1, 0.15) is 0 Å². The molecule has 1 unspecified atom stereocenters. The lowest BCUT2D eigenvalue weighted by Gasteiger charge is -1.98. The standard InChI is InChI=1S/CH2F2N2O4S2/c2-10(7)4-1(6)5-11(3,8)9/h(H2,4,5,6). The Labute approximate surface area is 63.9 Å². The zero-order chi connectivity index (χ0) is 9.07. The van der Waals surface area contributed by atoms with Crippen molar-refractivity contribution in [1.82, 2.24) is 9.44 Å². The molecule has 0 aromatic heterocycles. The van der Waals surface area contributed by atoms with Gasteiger partial charge in [0.2, 0.25) is 0 Å². The van der Waals surface area contributed by atoms with E-state index in [9.17, 15) is 25.5 Å². The Balaban J connectivity index is 3.91. The molecular weight excluding hydrogens is 206 g/mol. The molecule has 10 heteroatoms. The van der Waals surface area contributed by atoms with E-state index in [-0.39, 0.29) is 0 Å². The smallest absolute Gasteiger partial charge is 0.400 e. The first-order valence-corrected chi connectivity index (χ1v) is 4.35. The molecule has 0 aliphatic carbocycles. The lowest BCUT2D eigenvalue weighted by molar-refractivity contribution is 0.250. The summed E-state index contributed by atoms with van der Waals surface area (Å²) in [5, 5.41) is 0. The van der Waals surface area contributed by atoms with Crippen LogP contribution in [-0.2, 0) is 22.2 Å². The maximum Gasteiger partial charge on any atom is 0.400 e. The number of rotatable bonds is 2. The molecule has 0 spiro atoms. The number of urea groups is 1. The van der Waals surface area contributed by atoms with Crippen LogP contribution in [0.4, 0.5) is 12.6 Å². The molecule has 0 saturated carbocycles. The minimum Gasteiger partial charge on any atom is -0.555 e. The predicted molar refractivity (Wildman–Crippen MR) is 30.9 cm³/mol. The maximum atomic E-state index is 11.5. The SMILES string of the molecule is O=C(N[S+]([O-])F)NS(=O)(=O)F. The summed E-state index contributed by atoms with van der Waals surface area (Å²) in [5.41, 5.74) is 0. The number of hydrogen-bond acceptors (Lipinski definition) is 4. The molecule has 11 heavy (non-hydrogen) atoms. The topological polar surface area (TPSA) is 98.3 Å². The Morgan fingerprint density at radius 1 is 1.55 bits per heavy atom. The van der Waals surface area contributed by atoms with Crippen LogP contribution in [0.2, 0.25) is 0 Å². The van der Waals surface area contributed by atoms with Crippen molar-refractivity contribution < 1.29 is 25.5 Å². The molecule has 0 saturated heterocycles. The summed E-state index contributed by atoms with van der Waals surface area (Å²) in [6.07, 6.45) is 0.